The first-order chi connectivity index (χ1) is 10.1. The standard InChI is InChI=1S/C16H23N3O2/c1-5-8-17-12(3)14-6-7-15(11(2)9-14)20-10-16-19-18-13(4)21-16/h6-7,9,12,17H,5,8,10H2,1-4H3. The van der Waals surface area contributed by atoms with E-state index in [4.69, 9.17) is 9.15 Å². The highest BCUT2D eigenvalue weighted by atomic mass is 16.5. The number of rotatable bonds is 7. The van der Waals surface area contributed by atoms with Crippen LogP contribution in [0, 0.1) is 13.8 Å². The van der Waals surface area contributed by atoms with E-state index >= 15 is 0 Å². The topological polar surface area (TPSA) is 60.2 Å². The summed E-state index contributed by atoms with van der Waals surface area (Å²) in [6.45, 7) is 9.47. The lowest BCUT2D eigenvalue weighted by molar-refractivity contribution is 0.259. The van der Waals surface area contributed by atoms with Crippen LogP contribution in [0.1, 0.15) is 49.2 Å². The Kier molecular flexibility index (Phi) is 5.33. The van der Waals surface area contributed by atoms with Crippen molar-refractivity contribution < 1.29 is 9.15 Å². The Morgan fingerprint density at radius 3 is 2.71 bits per heavy atom. The second-order valence-electron chi connectivity index (χ2n) is 5.20. The molecule has 0 fully saturated rings. The molecule has 1 unspecified atom stereocenters. The average molecular weight is 289 g/mol. The molecular formula is C16H23N3O2. The molecular weight excluding hydrogens is 266 g/mol. The Labute approximate surface area is 125 Å². The van der Waals surface area contributed by atoms with Crippen LogP contribution in [-0.4, -0.2) is 16.7 Å². The zero-order chi connectivity index (χ0) is 15.2. The predicted molar refractivity (Wildman–Crippen MR) is 81.3 cm³/mol. The van der Waals surface area contributed by atoms with Crippen LogP contribution in [0.15, 0.2) is 22.6 Å². The van der Waals surface area contributed by atoms with Crippen LogP contribution in [0.2, 0.25) is 0 Å². The normalized spacial score (nSPS) is 12.4. The molecule has 0 aliphatic rings. The van der Waals surface area contributed by atoms with Gasteiger partial charge in [0.1, 0.15) is 5.75 Å². The van der Waals surface area contributed by atoms with Gasteiger partial charge in [0.2, 0.25) is 5.89 Å². The van der Waals surface area contributed by atoms with Gasteiger partial charge in [-0.15, -0.1) is 10.2 Å². The summed E-state index contributed by atoms with van der Waals surface area (Å²) >= 11 is 0. The zero-order valence-electron chi connectivity index (χ0n) is 13.1. The summed E-state index contributed by atoms with van der Waals surface area (Å²) in [4.78, 5) is 0. The van der Waals surface area contributed by atoms with Crippen molar-refractivity contribution in [3.63, 3.8) is 0 Å². The van der Waals surface area contributed by atoms with E-state index in [-0.39, 0.29) is 0 Å². The maximum absolute atomic E-state index is 5.74. The van der Waals surface area contributed by atoms with Gasteiger partial charge in [-0.2, -0.15) is 0 Å². The SMILES string of the molecule is CCCNC(C)c1ccc(OCc2nnc(C)o2)c(C)c1. The smallest absolute Gasteiger partial charge is 0.253 e. The quantitative estimate of drug-likeness (QED) is 0.847. The molecule has 5 heteroatoms. The fraction of sp³-hybridized carbons (Fsp3) is 0.500. The molecule has 0 aliphatic carbocycles. The molecule has 0 radical (unpaired) electrons. The lowest BCUT2D eigenvalue weighted by Gasteiger charge is -2.16. The Balaban J connectivity index is 1.98. The van der Waals surface area contributed by atoms with Gasteiger partial charge in [-0.25, -0.2) is 0 Å². The number of aryl methyl sites for hydroxylation is 2. The average Bonchev–Trinajstić information content (AvgIpc) is 2.89. The van der Waals surface area contributed by atoms with E-state index in [0.717, 1.165) is 24.3 Å². The second kappa shape index (κ2) is 7.22. The molecule has 21 heavy (non-hydrogen) atoms. The third kappa shape index (κ3) is 4.29. The van der Waals surface area contributed by atoms with Crippen molar-refractivity contribution in [2.24, 2.45) is 0 Å². The van der Waals surface area contributed by atoms with Crippen molar-refractivity contribution in [1.82, 2.24) is 15.5 Å². The molecule has 0 spiro atoms. The molecule has 2 aromatic rings. The fourth-order valence-corrected chi connectivity index (χ4v) is 2.12. The van der Waals surface area contributed by atoms with Crippen LogP contribution in [0.4, 0.5) is 0 Å². The van der Waals surface area contributed by atoms with E-state index in [1.807, 2.05) is 13.0 Å². The molecule has 1 N–H and O–H groups in total. The maximum Gasteiger partial charge on any atom is 0.253 e. The van der Waals surface area contributed by atoms with Crippen LogP contribution in [0.3, 0.4) is 0 Å². The Bertz CT molecular complexity index is 581. The van der Waals surface area contributed by atoms with Gasteiger partial charge in [-0.3, -0.25) is 0 Å². The van der Waals surface area contributed by atoms with Gasteiger partial charge >= 0.3 is 0 Å². The van der Waals surface area contributed by atoms with Gasteiger partial charge in [0.15, 0.2) is 6.61 Å². The summed E-state index contributed by atoms with van der Waals surface area (Å²) in [5.41, 5.74) is 2.37. The van der Waals surface area contributed by atoms with Crippen molar-refractivity contribution in [1.29, 1.82) is 0 Å². The molecule has 1 aromatic heterocycles. The second-order valence-corrected chi connectivity index (χ2v) is 5.20. The van der Waals surface area contributed by atoms with E-state index in [1.54, 1.807) is 6.92 Å². The number of hydrogen-bond acceptors (Lipinski definition) is 5. The van der Waals surface area contributed by atoms with Crippen LogP contribution in [-0.2, 0) is 6.61 Å². The summed E-state index contributed by atoms with van der Waals surface area (Å²) < 4.78 is 11.0. The molecule has 0 saturated carbocycles. The molecule has 1 aromatic carbocycles. The van der Waals surface area contributed by atoms with E-state index in [9.17, 15) is 0 Å². The number of benzene rings is 1. The van der Waals surface area contributed by atoms with Gasteiger partial charge in [-0.1, -0.05) is 19.1 Å². The third-order valence-corrected chi connectivity index (χ3v) is 3.32. The van der Waals surface area contributed by atoms with Gasteiger partial charge in [0, 0.05) is 13.0 Å². The minimum Gasteiger partial charge on any atom is -0.484 e. The Morgan fingerprint density at radius 2 is 2.10 bits per heavy atom. The molecule has 0 bridgehead atoms. The van der Waals surface area contributed by atoms with Gasteiger partial charge < -0.3 is 14.5 Å². The van der Waals surface area contributed by atoms with Crippen LogP contribution >= 0.6 is 0 Å². The largest absolute Gasteiger partial charge is 0.484 e. The molecule has 0 saturated heterocycles. The lowest BCUT2D eigenvalue weighted by atomic mass is 10.0. The predicted octanol–water partition coefficient (Wildman–Crippen LogP) is 3.33. The van der Waals surface area contributed by atoms with Crippen molar-refractivity contribution in [2.75, 3.05) is 6.54 Å². The fourth-order valence-electron chi connectivity index (χ4n) is 2.12. The van der Waals surface area contributed by atoms with Crippen LogP contribution in [0.5, 0.6) is 5.75 Å². The molecule has 2 rings (SSSR count). The molecule has 5 nitrogen and oxygen atoms in total. The summed E-state index contributed by atoms with van der Waals surface area (Å²) in [7, 11) is 0. The first-order valence-corrected chi connectivity index (χ1v) is 7.36. The van der Waals surface area contributed by atoms with E-state index < -0.39 is 0 Å². The summed E-state index contributed by atoms with van der Waals surface area (Å²) in [6, 6.07) is 6.59. The summed E-state index contributed by atoms with van der Waals surface area (Å²) in [6.07, 6.45) is 1.13. The number of nitrogens with one attached hydrogen (secondary N) is 1. The van der Waals surface area contributed by atoms with Crippen molar-refractivity contribution in [3.8, 4) is 5.75 Å². The Morgan fingerprint density at radius 1 is 1.29 bits per heavy atom. The van der Waals surface area contributed by atoms with Gasteiger partial charge in [0.05, 0.1) is 0 Å². The number of ether oxygens (including phenoxy) is 1. The third-order valence-electron chi connectivity index (χ3n) is 3.32. The van der Waals surface area contributed by atoms with Crippen molar-refractivity contribution >= 4 is 0 Å². The van der Waals surface area contributed by atoms with Gasteiger partial charge in [-0.05, 0) is 44.0 Å². The van der Waals surface area contributed by atoms with Crippen LogP contribution in [0.25, 0.3) is 0 Å². The minimum atomic E-state index is 0.296. The van der Waals surface area contributed by atoms with E-state index in [2.05, 4.69) is 41.5 Å². The van der Waals surface area contributed by atoms with Crippen LogP contribution < -0.4 is 10.1 Å². The molecule has 0 amide bonds. The monoisotopic (exact) mass is 289 g/mol. The summed E-state index contributed by atoms with van der Waals surface area (Å²) in [5.74, 6) is 1.89. The number of hydrogen-bond donors (Lipinski definition) is 1. The van der Waals surface area contributed by atoms with E-state index in [0.29, 0.717) is 24.4 Å². The lowest BCUT2D eigenvalue weighted by Crippen LogP contribution is -2.19. The van der Waals surface area contributed by atoms with E-state index in [1.165, 1.54) is 5.56 Å². The maximum atomic E-state index is 5.74. The van der Waals surface area contributed by atoms with Crippen molar-refractivity contribution in [3.05, 3.63) is 41.1 Å². The number of nitrogens with zero attached hydrogens (tertiary/aromatic N) is 2. The minimum absolute atomic E-state index is 0.296. The van der Waals surface area contributed by atoms with Gasteiger partial charge in [0.25, 0.3) is 5.89 Å². The first kappa shape index (κ1) is 15.5. The highest BCUT2D eigenvalue weighted by Crippen LogP contribution is 2.23. The molecule has 1 heterocycles. The zero-order valence-corrected chi connectivity index (χ0v) is 13.1. The number of aromatic nitrogens is 2. The Hall–Kier alpha value is -1.88. The molecule has 0 aliphatic heterocycles. The molecule has 114 valence electrons. The highest BCUT2D eigenvalue weighted by Gasteiger charge is 2.09. The highest BCUT2D eigenvalue weighted by molar-refractivity contribution is 5.37. The molecule has 1 atom stereocenters. The first-order valence-electron chi connectivity index (χ1n) is 7.36. The van der Waals surface area contributed by atoms with Crippen molar-refractivity contribution in [2.45, 2.75) is 46.8 Å². The summed E-state index contributed by atoms with van der Waals surface area (Å²) in [5, 5.41) is 11.2.